The molecule has 4 bridgehead atoms. The molecule has 6 nitrogen and oxygen atoms in total. The van der Waals surface area contributed by atoms with Crippen molar-refractivity contribution in [2.24, 2.45) is 5.41 Å². The Hall–Kier alpha value is -2.25. The molecule has 0 amide bonds. The van der Waals surface area contributed by atoms with Crippen LogP contribution in [-0.2, 0) is 21.9 Å². The van der Waals surface area contributed by atoms with E-state index in [0.717, 1.165) is 24.1 Å². The zero-order chi connectivity index (χ0) is 22.1. The van der Waals surface area contributed by atoms with Crippen LogP contribution >= 0.6 is 0 Å². The van der Waals surface area contributed by atoms with E-state index in [4.69, 9.17) is 0 Å². The molecule has 2 heterocycles. The molecular formula is C25H31N3O3S. The molecule has 2 aliphatic heterocycles. The minimum Gasteiger partial charge on any atom is -0.506 e. The van der Waals surface area contributed by atoms with E-state index in [1.165, 1.54) is 62.7 Å². The van der Waals surface area contributed by atoms with Gasteiger partial charge in [-0.2, -0.15) is 0 Å². The molecule has 1 spiro atoms. The van der Waals surface area contributed by atoms with Gasteiger partial charge in [-0.1, -0.05) is 12.8 Å². The topological polar surface area (TPSA) is 81.7 Å². The maximum Gasteiger partial charge on any atom is 0.229 e. The van der Waals surface area contributed by atoms with Crippen molar-refractivity contribution in [2.45, 2.75) is 56.4 Å². The van der Waals surface area contributed by atoms with Crippen molar-refractivity contribution >= 4 is 27.1 Å². The molecular weight excluding hydrogens is 422 g/mol. The zero-order valence-electron chi connectivity index (χ0n) is 18.5. The second-order valence-electron chi connectivity index (χ2n) is 10.3. The largest absolute Gasteiger partial charge is 0.506 e. The lowest BCUT2D eigenvalue weighted by atomic mass is 9.44. The highest BCUT2D eigenvalue weighted by Gasteiger charge is 2.65. The van der Waals surface area contributed by atoms with E-state index < -0.39 is 10.0 Å². The van der Waals surface area contributed by atoms with E-state index in [2.05, 4.69) is 27.1 Å². The molecule has 2 saturated heterocycles. The number of hydrogen-bond donors (Lipinski definition) is 3. The van der Waals surface area contributed by atoms with Crippen LogP contribution in [0.2, 0.25) is 0 Å². The predicted octanol–water partition coefficient (Wildman–Crippen LogP) is 4.34. The summed E-state index contributed by atoms with van der Waals surface area (Å²) >= 11 is 0. The van der Waals surface area contributed by atoms with Crippen LogP contribution in [0.4, 0.5) is 17.1 Å². The van der Waals surface area contributed by atoms with Gasteiger partial charge in [0.15, 0.2) is 0 Å². The van der Waals surface area contributed by atoms with Gasteiger partial charge in [0.2, 0.25) is 10.0 Å². The standard InChI is InChI=1S/C25H31N3O3S/c1-32(30,31)27-19-6-4-18(5-7-19)26-21-14-17-15-23-25-9-3-2-8-24(25,20(17)16-22(21)29)10-12-28(23)13-11-25/h4-7,14,16,23,26-27,29H,2-3,8-13,15H2,1H3/t23-,24+,25-/m0/s1. The van der Waals surface area contributed by atoms with E-state index in [0.29, 0.717) is 22.9 Å². The van der Waals surface area contributed by atoms with Crippen molar-refractivity contribution in [1.82, 2.24) is 4.90 Å². The second kappa shape index (κ2) is 6.87. The molecule has 6 rings (SSSR count). The average Bonchev–Trinajstić information content (AvgIpc) is 2.98. The Morgan fingerprint density at radius 1 is 1.00 bits per heavy atom. The van der Waals surface area contributed by atoms with Crippen LogP contribution in [0.5, 0.6) is 5.75 Å². The number of nitrogens with zero attached hydrogens (tertiary/aromatic N) is 1. The van der Waals surface area contributed by atoms with Crippen molar-refractivity contribution in [2.75, 3.05) is 29.4 Å². The number of fused-ring (bicyclic) bond motifs is 1. The van der Waals surface area contributed by atoms with E-state index >= 15 is 0 Å². The van der Waals surface area contributed by atoms with Crippen molar-refractivity contribution in [3.05, 3.63) is 47.5 Å². The predicted molar refractivity (Wildman–Crippen MR) is 127 cm³/mol. The lowest BCUT2D eigenvalue weighted by molar-refractivity contribution is -0.0410. The minimum absolute atomic E-state index is 0.228. The summed E-state index contributed by atoms with van der Waals surface area (Å²) in [6.07, 6.45) is 9.97. The van der Waals surface area contributed by atoms with Gasteiger partial charge in [0, 0.05) is 22.8 Å². The summed E-state index contributed by atoms with van der Waals surface area (Å²) < 4.78 is 25.3. The molecule has 4 atom stereocenters. The number of benzene rings is 2. The number of rotatable bonds is 4. The maximum atomic E-state index is 11.4. The van der Waals surface area contributed by atoms with Crippen LogP contribution in [0.1, 0.15) is 49.7 Å². The van der Waals surface area contributed by atoms with Gasteiger partial charge in [-0.15, -0.1) is 0 Å². The minimum atomic E-state index is -3.30. The van der Waals surface area contributed by atoms with Gasteiger partial charge in [-0.05, 0) is 98.1 Å². The molecule has 0 aromatic heterocycles. The summed E-state index contributed by atoms with van der Waals surface area (Å²) in [5, 5.41) is 14.4. The van der Waals surface area contributed by atoms with Gasteiger partial charge in [0.25, 0.3) is 0 Å². The summed E-state index contributed by atoms with van der Waals surface area (Å²) in [4.78, 5) is 2.74. The number of hydrogen-bond acceptors (Lipinski definition) is 5. The molecule has 170 valence electrons. The number of nitrogens with one attached hydrogen (secondary N) is 2. The number of aromatic hydroxyl groups is 1. The first kappa shape index (κ1) is 20.4. The molecule has 4 aliphatic rings. The molecule has 32 heavy (non-hydrogen) atoms. The van der Waals surface area contributed by atoms with Crippen LogP contribution in [0, 0.1) is 5.41 Å². The van der Waals surface area contributed by atoms with E-state index in [9.17, 15) is 13.5 Å². The van der Waals surface area contributed by atoms with Crippen LogP contribution in [0.3, 0.4) is 0 Å². The lowest BCUT2D eigenvalue weighted by Crippen LogP contribution is -2.63. The number of sulfonamides is 1. The highest BCUT2D eigenvalue weighted by atomic mass is 32.2. The summed E-state index contributed by atoms with van der Waals surface area (Å²) in [7, 11) is -3.30. The van der Waals surface area contributed by atoms with Gasteiger partial charge in [-0.25, -0.2) is 8.42 Å². The molecule has 0 radical (unpaired) electrons. The number of phenols is 1. The Kier molecular flexibility index (Phi) is 4.37. The van der Waals surface area contributed by atoms with E-state index in [1.54, 1.807) is 12.1 Å². The highest BCUT2D eigenvalue weighted by Crippen LogP contribution is 2.67. The second-order valence-corrected chi connectivity index (χ2v) is 12.1. The van der Waals surface area contributed by atoms with Crippen molar-refractivity contribution < 1.29 is 13.5 Å². The first-order valence-corrected chi connectivity index (χ1v) is 13.6. The Morgan fingerprint density at radius 2 is 1.72 bits per heavy atom. The van der Waals surface area contributed by atoms with Gasteiger partial charge in [-0.3, -0.25) is 9.62 Å². The van der Waals surface area contributed by atoms with Crippen molar-refractivity contribution in [3.63, 3.8) is 0 Å². The first-order valence-electron chi connectivity index (χ1n) is 11.8. The molecule has 2 aliphatic carbocycles. The fraction of sp³-hybridized carbons (Fsp3) is 0.520. The molecule has 3 fully saturated rings. The highest BCUT2D eigenvalue weighted by molar-refractivity contribution is 7.92. The summed E-state index contributed by atoms with van der Waals surface area (Å²) in [6, 6.07) is 12.0. The van der Waals surface area contributed by atoms with Gasteiger partial charge in [0.1, 0.15) is 5.75 Å². The molecule has 2 aromatic rings. The molecule has 1 unspecified atom stereocenters. The van der Waals surface area contributed by atoms with Gasteiger partial charge >= 0.3 is 0 Å². The Bertz CT molecular complexity index is 1180. The summed E-state index contributed by atoms with van der Waals surface area (Å²) in [5.74, 6) is 0.302. The van der Waals surface area contributed by atoms with Gasteiger partial charge < -0.3 is 10.4 Å². The Labute approximate surface area is 190 Å². The number of piperidine rings is 1. The number of anilines is 3. The SMILES string of the molecule is CS(=O)(=O)Nc1ccc(Nc2cc3c(cc2O)[C@]24CCCC[C@@]25CCN(CC4)[C@H]5C3)cc1. The summed E-state index contributed by atoms with van der Waals surface area (Å²) in [6.45, 7) is 2.42. The average molecular weight is 454 g/mol. The third kappa shape index (κ3) is 2.90. The van der Waals surface area contributed by atoms with Crippen LogP contribution in [-0.4, -0.2) is 43.8 Å². The molecule has 7 heteroatoms. The van der Waals surface area contributed by atoms with Crippen LogP contribution in [0.25, 0.3) is 0 Å². The van der Waals surface area contributed by atoms with E-state index in [1.807, 2.05) is 12.1 Å². The molecule has 3 N–H and O–H groups in total. The first-order chi connectivity index (χ1) is 15.3. The fourth-order valence-electron chi connectivity index (χ4n) is 7.61. The quantitative estimate of drug-likeness (QED) is 0.600. The van der Waals surface area contributed by atoms with Crippen LogP contribution < -0.4 is 10.0 Å². The van der Waals surface area contributed by atoms with Crippen molar-refractivity contribution in [1.29, 1.82) is 0 Å². The molecule has 1 saturated carbocycles. The summed E-state index contributed by atoms with van der Waals surface area (Å²) in [5.41, 5.74) is 5.47. The van der Waals surface area contributed by atoms with Crippen LogP contribution in [0.15, 0.2) is 36.4 Å². The Morgan fingerprint density at radius 3 is 2.50 bits per heavy atom. The zero-order valence-corrected chi connectivity index (χ0v) is 19.3. The normalized spacial score (nSPS) is 32.7. The third-order valence-corrected chi connectivity index (χ3v) is 9.40. The van der Waals surface area contributed by atoms with Gasteiger partial charge in [0.05, 0.1) is 11.9 Å². The van der Waals surface area contributed by atoms with E-state index in [-0.39, 0.29) is 5.41 Å². The number of phenolic OH excluding ortho intramolecular Hbond substituents is 1. The monoisotopic (exact) mass is 453 g/mol. The third-order valence-electron chi connectivity index (χ3n) is 8.80. The fourth-order valence-corrected chi connectivity index (χ4v) is 8.17. The lowest BCUT2D eigenvalue weighted by Gasteiger charge is -2.62. The Balaban J connectivity index is 1.34. The maximum absolute atomic E-state index is 11.4. The van der Waals surface area contributed by atoms with Crippen molar-refractivity contribution in [3.8, 4) is 5.75 Å². The molecule has 2 aromatic carbocycles. The smallest absolute Gasteiger partial charge is 0.229 e.